The Balaban J connectivity index is 2.16. The molecule has 0 aliphatic rings. The van der Waals surface area contributed by atoms with Gasteiger partial charge in [-0.15, -0.1) is 0 Å². The van der Waals surface area contributed by atoms with Crippen molar-refractivity contribution in [1.29, 1.82) is 0 Å². The van der Waals surface area contributed by atoms with Crippen LogP contribution in [-0.4, -0.2) is 43.5 Å². The van der Waals surface area contributed by atoms with Crippen molar-refractivity contribution in [2.75, 3.05) is 20.3 Å². The van der Waals surface area contributed by atoms with Crippen LogP contribution in [0.15, 0.2) is 48.5 Å². The van der Waals surface area contributed by atoms with Gasteiger partial charge in [-0.1, -0.05) is 36.4 Å². The van der Waals surface area contributed by atoms with Gasteiger partial charge in [-0.2, -0.15) is 0 Å². The van der Waals surface area contributed by atoms with E-state index in [0.717, 1.165) is 5.56 Å². The Morgan fingerprint density at radius 3 is 2.20 bits per heavy atom. The summed E-state index contributed by atoms with van der Waals surface area (Å²) in [5, 5.41) is 10.3. The van der Waals surface area contributed by atoms with Crippen LogP contribution >= 0.6 is 0 Å². The molecule has 2 aromatic carbocycles. The summed E-state index contributed by atoms with van der Waals surface area (Å²) < 4.78 is 21.1. The number of hydrogen-bond donors (Lipinski definition) is 1. The number of methoxy groups -OCH3 is 1. The molecule has 2 aromatic rings. The molecule has 0 spiro atoms. The molecule has 0 aliphatic heterocycles. The van der Waals surface area contributed by atoms with E-state index >= 15 is 0 Å². The molecule has 0 aliphatic carbocycles. The van der Waals surface area contributed by atoms with Gasteiger partial charge >= 0.3 is 11.9 Å². The molecule has 30 heavy (non-hydrogen) atoms. The quantitative estimate of drug-likeness (QED) is 0.563. The molecule has 0 radical (unpaired) electrons. The Morgan fingerprint density at radius 2 is 1.57 bits per heavy atom. The van der Waals surface area contributed by atoms with Crippen molar-refractivity contribution >= 4 is 11.9 Å². The molecule has 0 saturated carbocycles. The van der Waals surface area contributed by atoms with Crippen molar-refractivity contribution in [3.05, 3.63) is 59.7 Å². The van der Waals surface area contributed by atoms with E-state index in [4.69, 9.17) is 18.9 Å². The molecular formula is C23H28O7. The highest BCUT2D eigenvalue weighted by Gasteiger charge is 2.34. The SMILES string of the molecule is CCOC(=O)[C@@H](O)[C@H](Cc1ccc(OCc2ccccc2)c(OC)c1)C(=O)OCC. The molecule has 0 aromatic heterocycles. The number of esters is 2. The van der Waals surface area contributed by atoms with Crippen LogP contribution in [0, 0.1) is 5.92 Å². The van der Waals surface area contributed by atoms with Crippen LogP contribution in [0.2, 0.25) is 0 Å². The number of aliphatic hydroxyl groups excluding tert-OH is 1. The molecule has 7 heteroatoms. The molecule has 0 saturated heterocycles. The highest BCUT2D eigenvalue weighted by Crippen LogP contribution is 2.30. The molecular weight excluding hydrogens is 388 g/mol. The average Bonchev–Trinajstić information content (AvgIpc) is 2.76. The van der Waals surface area contributed by atoms with Crippen molar-refractivity contribution in [2.24, 2.45) is 5.92 Å². The Kier molecular flexibility index (Phi) is 9.15. The topological polar surface area (TPSA) is 91.3 Å². The van der Waals surface area contributed by atoms with Crippen molar-refractivity contribution in [1.82, 2.24) is 0 Å². The highest BCUT2D eigenvalue weighted by molar-refractivity contribution is 5.84. The van der Waals surface area contributed by atoms with Gasteiger partial charge in [0.2, 0.25) is 0 Å². The molecule has 2 atom stereocenters. The third-order valence-electron chi connectivity index (χ3n) is 4.42. The summed E-state index contributed by atoms with van der Waals surface area (Å²) in [7, 11) is 1.52. The minimum atomic E-state index is -1.62. The number of carbonyl (C=O) groups is 2. The first-order chi connectivity index (χ1) is 14.5. The predicted octanol–water partition coefficient (Wildman–Crippen LogP) is 2.92. The Morgan fingerprint density at radius 1 is 0.900 bits per heavy atom. The maximum absolute atomic E-state index is 12.3. The van der Waals surface area contributed by atoms with Gasteiger partial charge in [0.25, 0.3) is 0 Å². The van der Waals surface area contributed by atoms with E-state index in [0.29, 0.717) is 23.7 Å². The predicted molar refractivity (Wildman–Crippen MR) is 110 cm³/mol. The minimum Gasteiger partial charge on any atom is -0.493 e. The summed E-state index contributed by atoms with van der Waals surface area (Å²) in [6, 6.07) is 14.9. The van der Waals surface area contributed by atoms with Crippen LogP contribution in [0.4, 0.5) is 0 Å². The van der Waals surface area contributed by atoms with Crippen LogP contribution < -0.4 is 9.47 Å². The lowest BCUT2D eigenvalue weighted by atomic mass is 9.93. The first kappa shape index (κ1) is 23.2. The molecule has 0 unspecified atom stereocenters. The first-order valence-corrected chi connectivity index (χ1v) is 9.85. The summed E-state index contributed by atoms with van der Waals surface area (Å²) in [5.41, 5.74) is 1.70. The molecule has 1 N–H and O–H groups in total. The van der Waals surface area contributed by atoms with Crippen LogP contribution in [0.1, 0.15) is 25.0 Å². The van der Waals surface area contributed by atoms with E-state index in [1.165, 1.54) is 7.11 Å². The molecule has 7 nitrogen and oxygen atoms in total. The maximum Gasteiger partial charge on any atom is 0.335 e. The second-order valence-corrected chi connectivity index (χ2v) is 6.52. The van der Waals surface area contributed by atoms with E-state index in [1.807, 2.05) is 30.3 Å². The van der Waals surface area contributed by atoms with Crippen LogP contribution in [0.25, 0.3) is 0 Å². The number of ether oxygens (including phenoxy) is 4. The van der Waals surface area contributed by atoms with Gasteiger partial charge in [-0.25, -0.2) is 4.79 Å². The van der Waals surface area contributed by atoms with Crippen molar-refractivity contribution in [2.45, 2.75) is 33.0 Å². The van der Waals surface area contributed by atoms with Crippen molar-refractivity contribution in [3.8, 4) is 11.5 Å². The Bertz CT molecular complexity index is 820. The smallest absolute Gasteiger partial charge is 0.335 e. The summed E-state index contributed by atoms with van der Waals surface area (Å²) >= 11 is 0. The second kappa shape index (κ2) is 11.8. The normalized spacial score (nSPS) is 12.5. The summed E-state index contributed by atoms with van der Waals surface area (Å²) in [6.45, 7) is 3.91. The fraction of sp³-hybridized carbons (Fsp3) is 0.391. The molecule has 0 fully saturated rings. The van der Waals surface area contributed by atoms with E-state index < -0.39 is 24.0 Å². The summed E-state index contributed by atoms with van der Waals surface area (Å²) in [4.78, 5) is 24.3. The third kappa shape index (κ3) is 6.49. The van der Waals surface area contributed by atoms with E-state index in [1.54, 1.807) is 32.0 Å². The summed E-state index contributed by atoms with van der Waals surface area (Å²) in [6.07, 6.45) is -1.54. The third-order valence-corrected chi connectivity index (χ3v) is 4.42. The van der Waals surface area contributed by atoms with Gasteiger partial charge in [-0.3, -0.25) is 4.79 Å². The van der Waals surface area contributed by atoms with E-state index in [2.05, 4.69) is 0 Å². The first-order valence-electron chi connectivity index (χ1n) is 9.85. The number of benzene rings is 2. The number of hydrogen-bond acceptors (Lipinski definition) is 7. The van der Waals surface area contributed by atoms with Crippen molar-refractivity contribution < 1.29 is 33.6 Å². The second-order valence-electron chi connectivity index (χ2n) is 6.52. The van der Waals surface area contributed by atoms with Crippen molar-refractivity contribution in [3.63, 3.8) is 0 Å². The van der Waals surface area contributed by atoms with Gasteiger partial charge < -0.3 is 24.1 Å². The van der Waals surface area contributed by atoms with Gasteiger partial charge in [0.1, 0.15) is 6.61 Å². The zero-order chi connectivity index (χ0) is 21.9. The average molecular weight is 416 g/mol. The Labute approximate surface area is 176 Å². The number of aliphatic hydroxyl groups is 1. The molecule has 0 heterocycles. The lowest BCUT2D eigenvalue weighted by molar-refractivity contribution is -0.166. The lowest BCUT2D eigenvalue weighted by Gasteiger charge is -2.20. The van der Waals surface area contributed by atoms with Crippen LogP contribution in [-0.2, 0) is 32.1 Å². The number of carbonyl (C=O) groups excluding carboxylic acids is 2. The maximum atomic E-state index is 12.3. The molecule has 0 amide bonds. The highest BCUT2D eigenvalue weighted by atomic mass is 16.6. The van der Waals surface area contributed by atoms with Gasteiger partial charge in [-0.05, 0) is 43.5 Å². The van der Waals surface area contributed by atoms with Gasteiger partial charge in [0.15, 0.2) is 17.6 Å². The van der Waals surface area contributed by atoms with Gasteiger partial charge in [0, 0.05) is 0 Å². The number of rotatable bonds is 11. The standard InChI is InChI=1S/C23H28O7/c1-4-28-22(25)18(21(24)23(26)29-5-2)13-17-11-12-19(20(14-17)27-3)30-15-16-9-7-6-8-10-16/h6-12,14,18,21,24H,4-5,13,15H2,1-3H3/t18-,21-/m0/s1. The van der Waals surface area contributed by atoms with Crippen LogP contribution in [0.3, 0.4) is 0 Å². The molecule has 162 valence electrons. The zero-order valence-electron chi connectivity index (χ0n) is 17.5. The van der Waals surface area contributed by atoms with E-state index in [-0.39, 0.29) is 19.6 Å². The zero-order valence-corrected chi connectivity index (χ0v) is 17.5. The monoisotopic (exact) mass is 416 g/mol. The van der Waals surface area contributed by atoms with E-state index in [9.17, 15) is 14.7 Å². The summed E-state index contributed by atoms with van der Waals surface area (Å²) in [5.74, 6) is -1.59. The fourth-order valence-electron chi connectivity index (χ4n) is 2.91. The Hall–Kier alpha value is -3.06. The molecule has 0 bridgehead atoms. The minimum absolute atomic E-state index is 0.0775. The van der Waals surface area contributed by atoms with Gasteiger partial charge in [0.05, 0.1) is 26.2 Å². The largest absolute Gasteiger partial charge is 0.493 e. The fourth-order valence-corrected chi connectivity index (χ4v) is 2.91. The molecule has 2 rings (SSSR count). The van der Waals surface area contributed by atoms with Crippen LogP contribution in [0.5, 0.6) is 11.5 Å². The lowest BCUT2D eigenvalue weighted by Crippen LogP contribution is -2.38.